The Morgan fingerprint density at radius 1 is 1.50 bits per heavy atom. The van der Waals surface area contributed by atoms with E-state index < -0.39 is 11.9 Å². The first-order chi connectivity index (χ1) is 8.45. The van der Waals surface area contributed by atoms with Crippen LogP contribution in [0, 0.1) is 31.1 Å². The van der Waals surface area contributed by atoms with E-state index in [0.29, 0.717) is 6.54 Å². The second-order valence-corrected chi connectivity index (χ2v) is 4.57. The molecule has 0 amide bonds. The molecule has 0 fully saturated rings. The minimum atomic E-state index is -0.845. The molecular formula is C14H18N2O2. The zero-order chi connectivity index (χ0) is 13.7. The number of benzene rings is 1. The molecule has 1 unspecified atom stereocenters. The van der Waals surface area contributed by atoms with Crippen molar-refractivity contribution in [1.82, 2.24) is 0 Å². The standard InChI is InChI=1S/C14H18N2O2/c1-10-4-5-13(11(2)8-10)16(7-6-15)9-12(3)14(17)18/h4-5,8,12H,7,9H2,1-3H3,(H,17,18). The van der Waals surface area contributed by atoms with Crippen molar-refractivity contribution in [2.75, 3.05) is 18.0 Å². The van der Waals surface area contributed by atoms with E-state index in [0.717, 1.165) is 16.8 Å². The van der Waals surface area contributed by atoms with Gasteiger partial charge in [-0.2, -0.15) is 5.26 Å². The number of carbonyl (C=O) groups is 1. The van der Waals surface area contributed by atoms with Crippen molar-refractivity contribution in [3.63, 3.8) is 0 Å². The zero-order valence-corrected chi connectivity index (χ0v) is 11.0. The van der Waals surface area contributed by atoms with E-state index in [1.807, 2.05) is 36.9 Å². The van der Waals surface area contributed by atoms with Crippen LogP contribution in [0.25, 0.3) is 0 Å². The Labute approximate surface area is 107 Å². The van der Waals surface area contributed by atoms with Crippen LogP contribution < -0.4 is 4.90 Å². The Morgan fingerprint density at radius 3 is 2.67 bits per heavy atom. The molecule has 0 heterocycles. The summed E-state index contributed by atoms with van der Waals surface area (Å²) in [5.41, 5.74) is 3.14. The number of hydrogen-bond donors (Lipinski definition) is 1. The number of nitriles is 1. The summed E-state index contributed by atoms with van der Waals surface area (Å²) in [6.07, 6.45) is 0. The van der Waals surface area contributed by atoms with Gasteiger partial charge in [0.25, 0.3) is 0 Å². The van der Waals surface area contributed by atoms with Crippen LogP contribution in [0.1, 0.15) is 18.1 Å². The van der Waals surface area contributed by atoms with E-state index in [2.05, 4.69) is 6.07 Å². The van der Waals surface area contributed by atoms with E-state index in [-0.39, 0.29) is 6.54 Å². The van der Waals surface area contributed by atoms with E-state index in [9.17, 15) is 4.79 Å². The summed E-state index contributed by atoms with van der Waals surface area (Å²) in [6, 6.07) is 8.03. The number of rotatable bonds is 5. The molecule has 4 nitrogen and oxygen atoms in total. The van der Waals surface area contributed by atoms with Gasteiger partial charge in [0.1, 0.15) is 6.54 Å². The first kappa shape index (κ1) is 14.0. The molecule has 0 bridgehead atoms. The fourth-order valence-electron chi connectivity index (χ4n) is 1.90. The predicted molar refractivity (Wildman–Crippen MR) is 70.5 cm³/mol. The molecule has 1 rings (SSSR count). The Kier molecular flexibility index (Phi) is 4.73. The molecule has 0 radical (unpaired) electrons. The molecule has 0 saturated heterocycles. The van der Waals surface area contributed by atoms with Crippen LogP contribution >= 0.6 is 0 Å². The molecule has 1 N–H and O–H groups in total. The highest BCUT2D eigenvalue weighted by molar-refractivity contribution is 5.70. The lowest BCUT2D eigenvalue weighted by Crippen LogP contribution is -2.32. The Bertz CT molecular complexity index is 477. The maximum Gasteiger partial charge on any atom is 0.308 e. The molecule has 1 aromatic carbocycles. The van der Waals surface area contributed by atoms with Crippen LogP contribution in [0.5, 0.6) is 0 Å². The van der Waals surface area contributed by atoms with Crippen molar-refractivity contribution in [3.05, 3.63) is 29.3 Å². The molecule has 0 aliphatic carbocycles. The smallest absolute Gasteiger partial charge is 0.308 e. The van der Waals surface area contributed by atoms with E-state index >= 15 is 0 Å². The average molecular weight is 246 g/mol. The third-order valence-corrected chi connectivity index (χ3v) is 2.87. The summed E-state index contributed by atoms with van der Waals surface area (Å²) < 4.78 is 0. The van der Waals surface area contributed by atoms with Crippen molar-refractivity contribution in [1.29, 1.82) is 5.26 Å². The monoisotopic (exact) mass is 246 g/mol. The minimum absolute atomic E-state index is 0.196. The number of carboxylic acids is 1. The lowest BCUT2D eigenvalue weighted by Gasteiger charge is -2.25. The highest BCUT2D eigenvalue weighted by atomic mass is 16.4. The number of anilines is 1. The summed E-state index contributed by atoms with van der Waals surface area (Å²) in [5.74, 6) is -1.35. The van der Waals surface area contributed by atoms with Crippen molar-refractivity contribution >= 4 is 11.7 Å². The molecule has 0 spiro atoms. The third-order valence-electron chi connectivity index (χ3n) is 2.87. The maximum atomic E-state index is 10.9. The van der Waals surface area contributed by atoms with Gasteiger partial charge in [0.2, 0.25) is 0 Å². The molecule has 1 aromatic rings. The molecule has 18 heavy (non-hydrogen) atoms. The Balaban J connectivity index is 2.97. The fraction of sp³-hybridized carbons (Fsp3) is 0.429. The molecule has 0 aliphatic rings. The van der Waals surface area contributed by atoms with Crippen LogP contribution in [-0.4, -0.2) is 24.2 Å². The number of aryl methyl sites for hydroxylation is 2. The Hall–Kier alpha value is -2.02. The number of hydrogen-bond acceptors (Lipinski definition) is 3. The van der Waals surface area contributed by atoms with Gasteiger partial charge in [-0.15, -0.1) is 0 Å². The van der Waals surface area contributed by atoms with E-state index in [4.69, 9.17) is 10.4 Å². The summed E-state index contributed by atoms with van der Waals surface area (Å²) >= 11 is 0. The summed E-state index contributed by atoms with van der Waals surface area (Å²) in [4.78, 5) is 12.7. The van der Waals surface area contributed by atoms with Crippen LogP contribution in [0.2, 0.25) is 0 Å². The number of aliphatic carboxylic acids is 1. The van der Waals surface area contributed by atoms with Gasteiger partial charge in [-0.1, -0.05) is 24.6 Å². The SMILES string of the molecule is Cc1ccc(N(CC#N)CC(C)C(=O)O)c(C)c1. The largest absolute Gasteiger partial charge is 0.481 e. The first-order valence-corrected chi connectivity index (χ1v) is 5.87. The van der Waals surface area contributed by atoms with Crippen LogP contribution in [0.3, 0.4) is 0 Å². The molecule has 96 valence electrons. The topological polar surface area (TPSA) is 64.3 Å². The van der Waals surface area contributed by atoms with Crippen molar-refractivity contribution in [2.45, 2.75) is 20.8 Å². The van der Waals surface area contributed by atoms with Crippen LogP contribution in [-0.2, 0) is 4.79 Å². The van der Waals surface area contributed by atoms with Crippen LogP contribution in [0.15, 0.2) is 18.2 Å². The van der Waals surface area contributed by atoms with Crippen molar-refractivity contribution < 1.29 is 9.90 Å². The molecule has 0 aromatic heterocycles. The number of nitrogens with zero attached hydrogens (tertiary/aromatic N) is 2. The molecule has 4 heteroatoms. The lowest BCUT2D eigenvalue weighted by atomic mass is 10.1. The van der Waals surface area contributed by atoms with Gasteiger partial charge in [-0.25, -0.2) is 0 Å². The van der Waals surface area contributed by atoms with Crippen molar-refractivity contribution in [3.8, 4) is 6.07 Å². The Morgan fingerprint density at radius 2 is 2.17 bits per heavy atom. The van der Waals surface area contributed by atoms with Crippen LogP contribution in [0.4, 0.5) is 5.69 Å². The second-order valence-electron chi connectivity index (χ2n) is 4.57. The summed E-state index contributed by atoms with van der Waals surface area (Å²) in [7, 11) is 0. The van der Waals surface area contributed by atoms with Gasteiger partial charge in [0.05, 0.1) is 12.0 Å². The highest BCUT2D eigenvalue weighted by Gasteiger charge is 2.17. The van der Waals surface area contributed by atoms with E-state index in [1.165, 1.54) is 0 Å². The minimum Gasteiger partial charge on any atom is -0.481 e. The van der Waals surface area contributed by atoms with Gasteiger partial charge < -0.3 is 10.0 Å². The predicted octanol–water partition coefficient (Wildman–Crippen LogP) is 2.35. The first-order valence-electron chi connectivity index (χ1n) is 5.87. The van der Waals surface area contributed by atoms with Gasteiger partial charge in [0.15, 0.2) is 0 Å². The van der Waals surface area contributed by atoms with Gasteiger partial charge in [0, 0.05) is 12.2 Å². The molecule has 0 saturated carbocycles. The summed E-state index contributed by atoms with van der Waals surface area (Å²) in [6.45, 7) is 6.16. The van der Waals surface area contributed by atoms with E-state index in [1.54, 1.807) is 6.92 Å². The quantitative estimate of drug-likeness (QED) is 0.810. The average Bonchev–Trinajstić information content (AvgIpc) is 2.28. The zero-order valence-electron chi connectivity index (χ0n) is 11.0. The molecule has 1 atom stereocenters. The van der Waals surface area contributed by atoms with Crippen molar-refractivity contribution in [2.24, 2.45) is 5.92 Å². The molecule has 0 aliphatic heterocycles. The maximum absolute atomic E-state index is 10.9. The number of carboxylic acid groups (broad SMARTS) is 1. The normalized spacial score (nSPS) is 11.7. The fourth-order valence-corrected chi connectivity index (χ4v) is 1.90. The highest BCUT2D eigenvalue weighted by Crippen LogP contribution is 2.22. The third kappa shape index (κ3) is 3.49. The second kappa shape index (κ2) is 6.06. The summed E-state index contributed by atoms with van der Waals surface area (Å²) in [5, 5.41) is 17.8. The van der Waals surface area contributed by atoms with Gasteiger partial charge in [-0.05, 0) is 25.5 Å². The lowest BCUT2D eigenvalue weighted by molar-refractivity contribution is -0.140. The van der Waals surface area contributed by atoms with Gasteiger partial charge in [-0.3, -0.25) is 4.79 Å². The molecular weight excluding hydrogens is 228 g/mol. The van der Waals surface area contributed by atoms with Gasteiger partial charge >= 0.3 is 5.97 Å².